The van der Waals surface area contributed by atoms with E-state index in [-0.39, 0.29) is 22.9 Å². The second-order valence-electron chi connectivity index (χ2n) is 7.87. The third kappa shape index (κ3) is 3.69. The number of benzene rings is 2. The maximum Gasteiger partial charge on any atom is 0.267 e. The van der Waals surface area contributed by atoms with Crippen molar-refractivity contribution in [1.82, 2.24) is 9.88 Å². The zero-order chi connectivity index (χ0) is 22.9. The third-order valence-corrected chi connectivity index (χ3v) is 6.02. The molecule has 33 heavy (non-hydrogen) atoms. The van der Waals surface area contributed by atoms with Crippen molar-refractivity contribution in [1.29, 1.82) is 0 Å². The quantitative estimate of drug-likeness (QED) is 0.578. The number of carbonyl (C=O) groups is 3. The highest BCUT2D eigenvalue weighted by molar-refractivity contribution is 6.34. The summed E-state index contributed by atoms with van der Waals surface area (Å²) < 4.78 is 5.21. The van der Waals surface area contributed by atoms with Crippen molar-refractivity contribution in [2.24, 2.45) is 0 Å². The van der Waals surface area contributed by atoms with Gasteiger partial charge in [-0.1, -0.05) is 6.07 Å². The van der Waals surface area contributed by atoms with Crippen LogP contribution < -0.4 is 14.5 Å². The van der Waals surface area contributed by atoms with Gasteiger partial charge < -0.3 is 14.5 Å². The lowest BCUT2D eigenvalue weighted by Crippen LogP contribution is -2.48. The van der Waals surface area contributed by atoms with E-state index >= 15 is 0 Å². The average molecular weight is 442 g/mol. The van der Waals surface area contributed by atoms with Crippen LogP contribution in [0.4, 0.5) is 11.5 Å². The van der Waals surface area contributed by atoms with E-state index in [0.717, 1.165) is 16.3 Å². The Bertz CT molecular complexity index is 1220. The Kier molecular flexibility index (Phi) is 5.26. The van der Waals surface area contributed by atoms with Gasteiger partial charge in [-0.15, -0.1) is 0 Å². The summed E-state index contributed by atoms with van der Waals surface area (Å²) >= 11 is 0. The number of hydrogen-bond donors (Lipinski definition) is 0. The molecule has 0 radical (unpaired) electrons. The lowest BCUT2D eigenvalue weighted by Gasteiger charge is -2.36. The number of fused-ring (bicyclic) bond motifs is 1. The number of amides is 3. The predicted molar refractivity (Wildman–Crippen MR) is 123 cm³/mol. The molecule has 0 N–H and O–H groups in total. The standard InChI is InChI=1S/C25H22N4O4/c1-33-19-8-6-18(7-9-19)27-12-14-28(15-13-27)23(30)17-5-10-20-21(16-17)25(32)29(24(20)31)22-4-2-3-11-26-22/h2-11,16H,12-15H2,1H3. The van der Waals surface area contributed by atoms with Gasteiger partial charge in [0.2, 0.25) is 0 Å². The second kappa shape index (κ2) is 8.38. The molecular weight excluding hydrogens is 420 g/mol. The van der Waals surface area contributed by atoms with E-state index in [9.17, 15) is 14.4 Å². The van der Waals surface area contributed by atoms with Crippen LogP contribution in [0.5, 0.6) is 5.75 Å². The minimum absolute atomic E-state index is 0.149. The molecule has 0 atom stereocenters. The molecule has 2 aliphatic rings. The van der Waals surface area contributed by atoms with Crippen LogP contribution in [-0.2, 0) is 0 Å². The fourth-order valence-electron chi connectivity index (χ4n) is 4.21. The van der Waals surface area contributed by atoms with E-state index in [1.54, 1.807) is 42.3 Å². The molecule has 2 aromatic carbocycles. The maximum absolute atomic E-state index is 13.1. The monoisotopic (exact) mass is 442 g/mol. The molecule has 0 bridgehead atoms. The third-order valence-electron chi connectivity index (χ3n) is 6.02. The fourth-order valence-corrected chi connectivity index (χ4v) is 4.21. The van der Waals surface area contributed by atoms with Crippen LogP contribution in [0.3, 0.4) is 0 Å². The largest absolute Gasteiger partial charge is 0.497 e. The normalized spacial score (nSPS) is 15.6. The van der Waals surface area contributed by atoms with Crippen LogP contribution >= 0.6 is 0 Å². The smallest absolute Gasteiger partial charge is 0.267 e. The number of aromatic nitrogens is 1. The maximum atomic E-state index is 13.1. The number of hydrogen-bond acceptors (Lipinski definition) is 6. The van der Waals surface area contributed by atoms with E-state index < -0.39 is 11.8 Å². The van der Waals surface area contributed by atoms with Crippen molar-refractivity contribution in [3.63, 3.8) is 0 Å². The number of anilines is 2. The van der Waals surface area contributed by atoms with Crippen molar-refractivity contribution < 1.29 is 19.1 Å². The molecule has 1 aromatic heterocycles. The van der Waals surface area contributed by atoms with E-state index in [4.69, 9.17) is 4.74 Å². The van der Waals surface area contributed by atoms with Gasteiger partial charge in [-0.05, 0) is 54.6 Å². The molecule has 8 heteroatoms. The first kappa shape index (κ1) is 20.7. The first-order valence-electron chi connectivity index (χ1n) is 10.7. The minimum Gasteiger partial charge on any atom is -0.497 e. The molecule has 0 unspecified atom stereocenters. The van der Waals surface area contributed by atoms with Gasteiger partial charge >= 0.3 is 0 Å². The van der Waals surface area contributed by atoms with Gasteiger partial charge in [0.25, 0.3) is 17.7 Å². The highest BCUT2D eigenvalue weighted by Crippen LogP contribution is 2.28. The molecule has 5 rings (SSSR count). The number of rotatable bonds is 4. The number of ether oxygens (including phenoxy) is 1. The van der Waals surface area contributed by atoms with Gasteiger partial charge in [-0.25, -0.2) is 9.88 Å². The van der Waals surface area contributed by atoms with Crippen LogP contribution in [0, 0.1) is 0 Å². The Morgan fingerprint density at radius 1 is 0.879 bits per heavy atom. The van der Waals surface area contributed by atoms with Crippen molar-refractivity contribution in [3.05, 3.63) is 83.6 Å². The van der Waals surface area contributed by atoms with Gasteiger partial charge in [0.05, 0.1) is 18.2 Å². The molecule has 166 valence electrons. The second-order valence-corrected chi connectivity index (χ2v) is 7.87. The topological polar surface area (TPSA) is 83.1 Å². The Labute approximate surface area is 191 Å². The van der Waals surface area contributed by atoms with Crippen molar-refractivity contribution in [2.45, 2.75) is 0 Å². The highest BCUT2D eigenvalue weighted by Gasteiger charge is 2.38. The van der Waals surface area contributed by atoms with Crippen LogP contribution in [0.1, 0.15) is 31.1 Å². The molecule has 0 spiro atoms. The molecule has 0 saturated carbocycles. The molecule has 3 amide bonds. The Hall–Kier alpha value is -4.20. The average Bonchev–Trinajstić information content (AvgIpc) is 3.13. The lowest BCUT2D eigenvalue weighted by molar-refractivity contribution is 0.0746. The minimum atomic E-state index is -0.465. The molecule has 2 aliphatic heterocycles. The number of nitrogens with zero attached hydrogens (tertiary/aromatic N) is 4. The molecular formula is C25H22N4O4. The highest BCUT2D eigenvalue weighted by atomic mass is 16.5. The summed E-state index contributed by atoms with van der Waals surface area (Å²) in [6, 6.07) is 17.6. The van der Waals surface area contributed by atoms with Crippen molar-refractivity contribution in [3.8, 4) is 5.75 Å². The summed E-state index contributed by atoms with van der Waals surface area (Å²) in [6.45, 7) is 2.53. The van der Waals surface area contributed by atoms with E-state index in [2.05, 4.69) is 9.88 Å². The number of methoxy groups -OCH3 is 1. The van der Waals surface area contributed by atoms with Gasteiger partial charge in [0, 0.05) is 43.6 Å². The van der Waals surface area contributed by atoms with Gasteiger partial charge in [-0.2, -0.15) is 0 Å². The van der Waals surface area contributed by atoms with Gasteiger partial charge in [-0.3, -0.25) is 14.4 Å². The molecule has 1 fully saturated rings. The van der Waals surface area contributed by atoms with Crippen LogP contribution in [-0.4, -0.2) is 60.9 Å². The number of imide groups is 1. The summed E-state index contributed by atoms with van der Waals surface area (Å²) in [7, 11) is 1.64. The Morgan fingerprint density at radius 3 is 2.27 bits per heavy atom. The Morgan fingerprint density at radius 2 is 1.61 bits per heavy atom. The van der Waals surface area contributed by atoms with Crippen LogP contribution in [0.25, 0.3) is 0 Å². The zero-order valence-electron chi connectivity index (χ0n) is 18.1. The number of piperazine rings is 1. The summed E-state index contributed by atoms with van der Waals surface area (Å²) in [5.41, 5.74) is 2.00. The summed E-state index contributed by atoms with van der Waals surface area (Å²) in [5.74, 6) is 0.0299. The molecule has 1 saturated heterocycles. The van der Waals surface area contributed by atoms with Crippen molar-refractivity contribution in [2.75, 3.05) is 43.1 Å². The van der Waals surface area contributed by atoms with Crippen molar-refractivity contribution >= 4 is 29.2 Å². The first-order valence-corrected chi connectivity index (χ1v) is 10.7. The number of pyridine rings is 1. The molecule has 3 aromatic rings. The lowest BCUT2D eigenvalue weighted by atomic mass is 10.0. The molecule has 0 aliphatic carbocycles. The van der Waals surface area contributed by atoms with E-state index in [1.807, 2.05) is 24.3 Å². The number of carbonyl (C=O) groups excluding carboxylic acids is 3. The summed E-state index contributed by atoms with van der Waals surface area (Å²) in [5, 5.41) is 0. The predicted octanol–water partition coefficient (Wildman–Crippen LogP) is 2.85. The first-order chi connectivity index (χ1) is 16.1. The Balaban J connectivity index is 1.30. The van der Waals surface area contributed by atoms with E-state index in [1.165, 1.54) is 12.3 Å². The van der Waals surface area contributed by atoms with Gasteiger partial charge in [0.1, 0.15) is 11.6 Å². The van der Waals surface area contributed by atoms with Crippen LogP contribution in [0.15, 0.2) is 66.9 Å². The molecule has 3 heterocycles. The summed E-state index contributed by atoms with van der Waals surface area (Å²) in [4.78, 5) is 48.0. The van der Waals surface area contributed by atoms with Crippen LogP contribution in [0.2, 0.25) is 0 Å². The fraction of sp³-hybridized carbons (Fsp3) is 0.200. The van der Waals surface area contributed by atoms with E-state index in [0.29, 0.717) is 31.7 Å². The van der Waals surface area contributed by atoms with Gasteiger partial charge in [0.15, 0.2) is 0 Å². The SMILES string of the molecule is COc1ccc(N2CCN(C(=O)c3ccc4c(c3)C(=O)N(c3ccccn3)C4=O)CC2)cc1. The summed E-state index contributed by atoms with van der Waals surface area (Å²) in [6.07, 6.45) is 1.53. The molecule has 8 nitrogen and oxygen atoms in total. The zero-order valence-corrected chi connectivity index (χ0v) is 18.1.